The first-order valence-electron chi connectivity index (χ1n) is 4.63. The van der Waals surface area contributed by atoms with Crippen LogP contribution in [0.1, 0.15) is 5.56 Å². The molecule has 16 heavy (non-hydrogen) atoms. The average Bonchev–Trinajstić information content (AvgIpc) is 2.63. The first kappa shape index (κ1) is 10.7. The molecule has 0 aliphatic rings. The Kier molecular flexibility index (Phi) is 2.46. The van der Waals surface area contributed by atoms with Crippen LogP contribution in [0.15, 0.2) is 36.7 Å². The van der Waals surface area contributed by atoms with Crippen LogP contribution < -0.4 is 0 Å². The summed E-state index contributed by atoms with van der Waals surface area (Å²) in [7, 11) is 1.76. The van der Waals surface area contributed by atoms with Gasteiger partial charge in [0.1, 0.15) is 0 Å². The Hall–Kier alpha value is -1.78. The van der Waals surface area contributed by atoms with Crippen molar-refractivity contribution in [2.75, 3.05) is 0 Å². The summed E-state index contributed by atoms with van der Waals surface area (Å²) in [5.74, 6) is 0. The van der Waals surface area contributed by atoms with Gasteiger partial charge in [0.2, 0.25) is 0 Å². The second-order valence-electron chi connectivity index (χ2n) is 3.43. The van der Waals surface area contributed by atoms with Crippen molar-refractivity contribution in [3.63, 3.8) is 0 Å². The third kappa shape index (κ3) is 1.93. The highest BCUT2D eigenvalue weighted by Crippen LogP contribution is 2.31. The van der Waals surface area contributed by atoms with E-state index in [9.17, 15) is 13.2 Å². The normalized spacial score (nSPS) is 11.8. The molecule has 0 aliphatic heterocycles. The van der Waals surface area contributed by atoms with Crippen LogP contribution in [0, 0.1) is 0 Å². The fourth-order valence-electron chi connectivity index (χ4n) is 1.47. The molecule has 5 heteroatoms. The lowest BCUT2D eigenvalue weighted by Crippen LogP contribution is -2.05. The van der Waals surface area contributed by atoms with E-state index >= 15 is 0 Å². The molecule has 2 aromatic rings. The van der Waals surface area contributed by atoms with Gasteiger partial charge in [-0.1, -0.05) is 0 Å². The standard InChI is InChI=1S/C11H9F3N2/c1-16-6-2-3-10(16)9-7-8(4-5-15-9)11(12,13)14/h2-7H,1H3. The van der Waals surface area contributed by atoms with E-state index in [1.54, 1.807) is 29.9 Å². The molecule has 0 atom stereocenters. The monoisotopic (exact) mass is 226 g/mol. The fourth-order valence-corrected chi connectivity index (χ4v) is 1.47. The van der Waals surface area contributed by atoms with E-state index in [2.05, 4.69) is 4.98 Å². The Morgan fingerprint density at radius 3 is 2.56 bits per heavy atom. The molecular weight excluding hydrogens is 217 g/mol. The summed E-state index contributed by atoms with van der Waals surface area (Å²) in [5.41, 5.74) is 0.298. The Morgan fingerprint density at radius 2 is 2.00 bits per heavy atom. The molecule has 0 N–H and O–H groups in total. The van der Waals surface area contributed by atoms with Crippen molar-refractivity contribution in [2.24, 2.45) is 7.05 Å². The number of aromatic nitrogens is 2. The van der Waals surface area contributed by atoms with Crippen LogP contribution >= 0.6 is 0 Å². The van der Waals surface area contributed by atoms with Crippen LogP contribution in [0.2, 0.25) is 0 Å². The third-order valence-electron chi connectivity index (χ3n) is 2.29. The van der Waals surface area contributed by atoms with Crippen molar-refractivity contribution in [3.05, 3.63) is 42.2 Å². The second-order valence-corrected chi connectivity index (χ2v) is 3.43. The molecule has 0 spiro atoms. The maximum Gasteiger partial charge on any atom is 0.416 e. The SMILES string of the molecule is Cn1cccc1-c1cc(C(F)(F)F)ccn1. The molecule has 2 nitrogen and oxygen atoms in total. The van der Waals surface area contributed by atoms with E-state index in [0.717, 1.165) is 12.1 Å². The Morgan fingerprint density at radius 1 is 1.25 bits per heavy atom. The number of nitrogens with zero attached hydrogens (tertiary/aromatic N) is 2. The summed E-state index contributed by atoms with van der Waals surface area (Å²) in [4.78, 5) is 3.94. The summed E-state index contributed by atoms with van der Waals surface area (Å²) in [6.07, 6.45) is -1.40. The summed E-state index contributed by atoms with van der Waals surface area (Å²) in [5, 5.41) is 0. The summed E-state index contributed by atoms with van der Waals surface area (Å²) >= 11 is 0. The van der Waals surface area contributed by atoms with Crippen molar-refractivity contribution in [1.29, 1.82) is 0 Å². The van der Waals surface area contributed by atoms with Gasteiger partial charge in [0.15, 0.2) is 0 Å². The molecule has 2 aromatic heterocycles. The van der Waals surface area contributed by atoms with Gasteiger partial charge in [0, 0.05) is 19.4 Å². The molecule has 0 aliphatic carbocycles. The Bertz CT molecular complexity index is 500. The lowest BCUT2D eigenvalue weighted by Gasteiger charge is -2.08. The molecule has 84 valence electrons. The number of hydrogen-bond donors (Lipinski definition) is 0. The van der Waals surface area contributed by atoms with Gasteiger partial charge in [-0.25, -0.2) is 0 Å². The largest absolute Gasteiger partial charge is 0.416 e. The fraction of sp³-hybridized carbons (Fsp3) is 0.182. The van der Waals surface area contributed by atoms with Crippen LogP contribution in [-0.2, 0) is 13.2 Å². The minimum Gasteiger partial charge on any atom is -0.349 e. The number of halogens is 3. The van der Waals surface area contributed by atoms with E-state index in [1.807, 2.05) is 0 Å². The maximum absolute atomic E-state index is 12.5. The van der Waals surface area contributed by atoms with Gasteiger partial charge in [-0.05, 0) is 24.3 Å². The smallest absolute Gasteiger partial charge is 0.349 e. The third-order valence-corrected chi connectivity index (χ3v) is 2.29. The Labute approximate surface area is 90.4 Å². The predicted octanol–water partition coefficient (Wildman–Crippen LogP) is 3.11. The summed E-state index contributed by atoms with van der Waals surface area (Å²) in [6, 6.07) is 5.50. The van der Waals surface area contributed by atoms with Crippen molar-refractivity contribution < 1.29 is 13.2 Å². The molecule has 0 fully saturated rings. The van der Waals surface area contributed by atoms with Crippen LogP contribution in [0.4, 0.5) is 13.2 Å². The van der Waals surface area contributed by atoms with E-state index in [1.165, 1.54) is 6.20 Å². The molecule has 0 saturated heterocycles. The van der Waals surface area contributed by atoms with E-state index in [0.29, 0.717) is 11.4 Å². The van der Waals surface area contributed by atoms with Crippen LogP contribution in [0.25, 0.3) is 11.4 Å². The van der Waals surface area contributed by atoms with Crippen molar-refractivity contribution in [3.8, 4) is 11.4 Å². The van der Waals surface area contributed by atoms with E-state index < -0.39 is 11.7 Å². The molecule has 0 amide bonds. The van der Waals surface area contributed by atoms with Gasteiger partial charge in [0.05, 0.1) is 17.0 Å². The van der Waals surface area contributed by atoms with Crippen molar-refractivity contribution in [2.45, 2.75) is 6.18 Å². The first-order valence-corrected chi connectivity index (χ1v) is 4.63. The molecule has 0 unspecified atom stereocenters. The van der Waals surface area contributed by atoms with Gasteiger partial charge in [-0.2, -0.15) is 13.2 Å². The van der Waals surface area contributed by atoms with Crippen LogP contribution in [-0.4, -0.2) is 9.55 Å². The van der Waals surface area contributed by atoms with E-state index in [-0.39, 0.29) is 0 Å². The van der Waals surface area contributed by atoms with Gasteiger partial charge in [0.25, 0.3) is 0 Å². The zero-order valence-corrected chi connectivity index (χ0v) is 8.49. The first-order chi connectivity index (χ1) is 7.48. The lowest BCUT2D eigenvalue weighted by atomic mass is 10.2. The zero-order chi connectivity index (χ0) is 11.8. The van der Waals surface area contributed by atoms with Crippen LogP contribution in [0.5, 0.6) is 0 Å². The highest BCUT2D eigenvalue weighted by molar-refractivity contribution is 5.56. The van der Waals surface area contributed by atoms with Crippen LogP contribution in [0.3, 0.4) is 0 Å². The number of rotatable bonds is 1. The van der Waals surface area contributed by atoms with Crippen molar-refractivity contribution in [1.82, 2.24) is 9.55 Å². The topological polar surface area (TPSA) is 17.8 Å². The minimum absolute atomic E-state index is 0.322. The molecule has 0 aromatic carbocycles. The highest BCUT2D eigenvalue weighted by atomic mass is 19.4. The van der Waals surface area contributed by atoms with Gasteiger partial charge >= 0.3 is 6.18 Å². The number of hydrogen-bond acceptors (Lipinski definition) is 1. The number of alkyl halides is 3. The minimum atomic E-state index is -4.33. The van der Waals surface area contributed by atoms with E-state index in [4.69, 9.17) is 0 Å². The quantitative estimate of drug-likeness (QED) is 0.730. The molecule has 2 heterocycles. The molecule has 0 saturated carbocycles. The molecular formula is C11H9F3N2. The van der Waals surface area contributed by atoms with Gasteiger partial charge < -0.3 is 4.57 Å². The maximum atomic E-state index is 12.5. The van der Waals surface area contributed by atoms with Gasteiger partial charge in [-0.3, -0.25) is 4.98 Å². The predicted molar refractivity (Wildman–Crippen MR) is 53.6 cm³/mol. The highest BCUT2D eigenvalue weighted by Gasteiger charge is 2.30. The average molecular weight is 226 g/mol. The second kappa shape index (κ2) is 3.66. The summed E-state index contributed by atoms with van der Waals surface area (Å²) < 4.78 is 39.2. The number of aryl methyl sites for hydroxylation is 1. The number of pyridine rings is 1. The molecule has 0 bridgehead atoms. The molecule has 2 rings (SSSR count). The Balaban J connectivity index is 2.49. The molecule has 0 radical (unpaired) electrons. The summed E-state index contributed by atoms with van der Waals surface area (Å²) in [6.45, 7) is 0. The van der Waals surface area contributed by atoms with Crippen molar-refractivity contribution >= 4 is 0 Å². The zero-order valence-electron chi connectivity index (χ0n) is 8.49. The lowest BCUT2D eigenvalue weighted by molar-refractivity contribution is -0.137. The van der Waals surface area contributed by atoms with Gasteiger partial charge in [-0.15, -0.1) is 0 Å².